The van der Waals surface area contributed by atoms with E-state index in [1.807, 2.05) is 6.92 Å². The average molecular weight is 238 g/mol. The minimum Gasteiger partial charge on any atom is -0.355 e. The van der Waals surface area contributed by atoms with Gasteiger partial charge in [-0.3, -0.25) is 4.79 Å². The van der Waals surface area contributed by atoms with Gasteiger partial charge < -0.3 is 11.1 Å². The summed E-state index contributed by atoms with van der Waals surface area (Å²) in [6.07, 6.45) is 8.12. The van der Waals surface area contributed by atoms with Crippen molar-refractivity contribution in [2.45, 2.75) is 64.8 Å². The quantitative estimate of drug-likeness (QED) is 0.792. The molecule has 2 atom stereocenters. The van der Waals surface area contributed by atoms with Crippen molar-refractivity contribution >= 4 is 5.91 Å². The van der Waals surface area contributed by atoms with Crippen LogP contribution in [0.15, 0.2) is 0 Å². The van der Waals surface area contributed by atoms with Gasteiger partial charge in [-0.1, -0.05) is 26.2 Å². The number of carbonyl (C=O) groups excluding carboxylic acids is 1. The molecule has 0 spiro atoms. The Morgan fingerprint density at radius 1 is 1.24 bits per heavy atom. The molecule has 0 aliphatic heterocycles. The van der Waals surface area contributed by atoms with Crippen LogP contribution in [0.5, 0.6) is 0 Å². The first-order valence-electron chi connectivity index (χ1n) is 7.00. The largest absolute Gasteiger partial charge is 0.355 e. The summed E-state index contributed by atoms with van der Waals surface area (Å²) in [5, 5.41) is 3.16. The van der Waals surface area contributed by atoms with Gasteiger partial charge in [-0.15, -0.1) is 0 Å². The topological polar surface area (TPSA) is 55.1 Å². The molecule has 3 nitrogen and oxygen atoms in total. The van der Waals surface area contributed by atoms with Crippen LogP contribution < -0.4 is 11.1 Å². The molecule has 0 aromatic rings. The SMILES string of the molecule is CC1(CNC(=O)C2(C)CCCC2N)CCCC1. The molecule has 0 radical (unpaired) electrons. The Hall–Kier alpha value is -0.570. The third-order valence-electron chi connectivity index (χ3n) is 5.03. The molecule has 2 rings (SSSR count). The van der Waals surface area contributed by atoms with E-state index >= 15 is 0 Å². The molecular formula is C14H26N2O. The highest BCUT2D eigenvalue weighted by Crippen LogP contribution is 2.39. The van der Waals surface area contributed by atoms with Crippen molar-refractivity contribution in [3.63, 3.8) is 0 Å². The van der Waals surface area contributed by atoms with Gasteiger partial charge in [0, 0.05) is 12.6 Å². The molecule has 2 saturated carbocycles. The Balaban J connectivity index is 1.89. The molecule has 2 aliphatic carbocycles. The van der Waals surface area contributed by atoms with Gasteiger partial charge in [-0.2, -0.15) is 0 Å². The molecule has 0 saturated heterocycles. The normalized spacial score (nSPS) is 36.1. The van der Waals surface area contributed by atoms with Crippen LogP contribution in [-0.4, -0.2) is 18.5 Å². The first-order valence-corrected chi connectivity index (χ1v) is 7.00. The zero-order chi connectivity index (χ0) is 12.5. The van der Waals surface area contributed by atoms with Gasteiger partial charge in [-0.25, -0.2) is 0 Å². The van der Waals surface area contributed by atoms with E-state index in [1.165, 1.54) is 25.7 Å². The van der Waals surface area contributed by atoms with Gasteiger partial charge in [0.2, 0.25) is 5.91 Å². The fourth-order valence-corrected chi connectivity index (χ4v) is 3.38. The highest BCUT2D eigenvalue weighted by atomic mass is 16.2. The smallest absolute Gasteiger partial charge is 0.227 e. The van der Waals surface area contributed by atoms with Crippen LogP contribution in [0, 0.1) is 10.8 Å². The summed E-state index contributed by atoms with van der Waals surface area (Å²) in [5.74, 6) is 0.177. The molecule has 0 heterocycles. The van der Waals surface area contributed by atoms with Crippen LogP contribution >= 0.6 is 0 Å². The number of hydrogen-bond acceptors (Lipinski definition) is 2. The van der Waals surface area contributed by atoms with Crippen LogP contribution in [-0.2, 0) is 4.79 Å². The first-order chi connectivity index (χ1) is 7.96. The van der Waals surface area contributed by atoms with Crippen LogP contribution in [0.2, 0.25) is 0 Å². The third-order valence-corrected chi connectivity index (χ3v) is 5.03. The Morgan fingerprint density at radius 2 is 1.88 bits per heavy atom. The van der Waals surface area contributed by atoms with E-state index in [0.29, 0.717) is 5.41 Å². The zero-order valence-corrected chi connectivity index (χ0v) is 11.2. The highest BCUT2D eigenvalue weighted by Gasteiger charge is 2.43. The lowest BCUT2D eigenvalue weighted by molar-refractivity contribution is -0.131. The molecule has 3 N–H and O–H groups in total. The van der Waals surface area contributed by atoms with E-state index in [0.717, 1.165) is 25.8 Å². The summed E-state index contributed by atoms with van der Waals surface area (Å²) in [7, 11) is 0. The van der Waals surface area contributed by atoms with Crippen molar-refractivity contribution in [1.29, 1.82) is 0 Å². The Labute approximate surface area is 105 Å². The van der Waals surface area contributed by atoms with Crippen LogP contribution in [0.1, 0.15) is 58.8 Å². The molecule has 2 unspecified atom stereocenters. The second kappa shape index (κ2) is 4.60. The van der Waals surface area contributed by atoms with Crippen LogP contribution in [0.3, 0.4) is 0 Å². The van der Waals surface area contributed by atoms with Gasteiger partial charge in [-0.05, 0) is 38.0 Å². The standard InChI is InChI=1S/C14H26N2O/c1-13(7-3-4-8-13)10-16-12(17)14(2)9-5-6-11(14)15/h11H,3-10,15H2,1-2H3,(H,16,17). The van der Waals surface area contributed by atoms with E-state index < -0.39 is 0 Å². The summed E-state index contributed by atoms with van der Waals surface area (Å²) in [4.78, 5) is 12.3. The van der Waals surface area contributed by atoms with Gasteiger partial charge in [0.05, 0.1) is 5.41 Å². The number of amides is 1. The molecule has 0 aromatic carbocycles. The number of nitrogens with one attached hydrogen (secondary N) is 1. The lowest BCUT2D eigenvalue weighted by Crippen LogP contribution is -2.49. The minimum absolute atomic E-state index is 0.0406. The molecule has 0 bridgehead atoms. The van der Waals surface area contributed by atoms with Crippen molar-refractivity contribution in [1.82, 2.24) is 5.32 Å². The predicted octanol–water partition coefficient (Wildman–Crippen LogP) is 2.20. The molecule has 2 fully saturated rings. The van der Waals surface area contributed by atoms with E-state index in [1.54, 1.807) is 0 Å². The molecule has 17 heavy (non-hydrogen) atoms. The Kier molecular flexibility index (Phi) is 3.48. The summed E-state index contributed by atoms with van der Waals surface area (Å²) < 4.78 is 0. The fourth-order valence-electron chi connectivity index (χ4n) is 3.38. The summed E-state index contributed by atoms with van der Waals surface area (Å²) in [6.45, 7) is 5.14. The Morgan fingerprint density at radius 3 is 2.41 bits per heavy atom. The summed E-state index contributed by atoms with van der Waals surface area (Å²) >= 11 is 0. The zero-order valence-electron chi connectivity index (χ0n) is 11.2. The molecule has 1 amide bonds. The van der Waals surface area contributed by atoms with Gasteiger partial charge in [0.15, 0.2) is 0 Å². The van der Waals surface area contributed by atoms with E-state index in [9.17, 15) is 4.79 Å². The lowest BCUT2D eigenvalue weighted by atomic mass is 9.83. The summed E-state index contributed by atoms with van der Waals surface area (Å²) in [6, 6.07) is 0.0406. The van der Waals surface area contributed by atoms with Gasteiger partial charge in [0.25, 0.3) is 0 Å². The number of rotatable bonds is 3. The third kappa shape index (κ3) is 2.49. The monoisotopic (exact) mass is 238 g/mol. The fraction of sp³-hybridized carbons (Fsp3) is 0.929. The van der Waals surface area contributed by atoms with E-state index in [2.05, 4.69) is 12.2 Å². The second-order valence-corrected chi connectivity index (χ2v) is 6.62. The number of nitrogens with two attached hydrogens (primary N) is 1. The first kappa shape index (κ1) is 12.9. The van der Waals surface area contributed by atoms with E-state index in [-0.39, 0.29) is 17.4 Å². The van der Waals surface area contributed by atoms with Crippen molar-refractivity contribution in [2.24, 2.45) is 16.6 Å². The maximum absolute atomic E-state index is 12.3. The Bertz CT molecular complexity index is 297. The lowest BCUT2D eigenvalue weighted by Gasteiger charge is -2.31. The molecule has 0 aromatic heterocycles. The van der Waals surface area contributed by atoms with Gasteiger partial charge in [0.1, 0.15) is 0 Å². The number of carbonyl (C=O) groups is 1. The average Bonchev–Trinajstić information content (AvgIpc) is 2.85. The highest BCUT2D eigenvalue weighted by molar-refractivity contribution is 5.83. The minimum atomic E-state index is -0.324. The second-order valence-electron chi connectivity index (χ2n) is 6.62. The maximum atomic E-state index is 12.3. The van der Waals surface area contributed by atoms with Crippen molar-refractivity contribution in [2.75, 3.05) is 6.54 Å². The van der Waals surface area contributed by atoms with Crippen molar-refractivity contribution in [3.05, 3.63) is 0 Å². The maximum Gasteiger partial charge on any atom is 0.227 e. The molecule has 3 heteroatoms. The van der Waals surface area contributed by atoms with E-state index in [4.69, 9.17) is 5.73 Å². The van der Waals surface area contributed by atoms with Crippen molar-refractivity contribution < 1.29 is 4.79 Å². The van der Waals surface area contributed by atoms with Gasteiger partial charge >= 0.3 is 0 Å². The summed E-state index contributed by atoms with van der Waals surface area (Å²) in [5.41, 5.74) is 6.07. The molecule has 98 valence electrons. The molecule has 2 aliphatic rings. The molecular weight excluding hydrogens is 212 g/mol. The van der Waals surface area contributed by atoms with Crippen LogP contribution in [0.4, 0.5) is 0 Å². The van der Waals surface area contributed by atoms with Crippen LogP contribution in [0.25, 0.3) is 0 Å². The number of hydrogen-bond donors (Lipinski definition) is 2. The predicted molar refractivity (Wildman–Crippen MR) is 69.5 cm³/mol. The van der Waals surface area contributed by atoms with Crippen molar-refractivity contribution in [3.8, 4) is 0 Å².